The van der Waals surface area contributed by atoms with Gasteiger partial charge in [-0.1, -0.05) is 24.3 Å². The van der Waals surface area contributed by atoms with Gasteiger partial charge in [0.1, 0.15) is 6.29 Å². The van der Waals surface area contributed by atoms with E-state index in [1.807, 2.05) is 24.3 Å². The zero-order valence-corrected chi connectivity index (χ0v) is 8.70. The van der Waals surface area contributed by atoms with Crippen LogP contribution in [0.15, 0.2) is 24.3 Å². The molecule has 3 nitrogen and oxygen atoms in total. The van der Waals surface area contributed by atoms with Crippen molar-refractivity contribution in [3.05, 3.63) is 35.4 Å². The summed E-state index contributed by atoms with van der Waals surface area (Å²) in [6, 6.07) is 7.62. The maximum atomic E-state index is 10.9. The third-order valence-corrected chi connectivity index (χ3v) is 3.12. The molecule has 0 aliphatic carbocycles. The molecule has 0 saturated carbocycles. The first-order chi connectivity index (χ1) is 7.26. The molecule has 80 valence electrons. The molecule has 3 heteroatoms. The van der Waals surface area contributed by atoms with E-state index in [1.54, 1.807) is 0 Å². The lowest BCUT2D eigenvalue weighted by Gasteiger charge is -2.35. The Hall–Kier alpha value is -1.19. The molecule has 0 bridgehead atoms. The van der Waals surface area contributed by atoms with Gasteiger partial charge in [-0.2, -0.15) is 0 Å². The molecule has 1 saturated heterocycles. The summed E-state index contributed by atoms with van der Waals surface area (Å²) in [6.07, 6.45) is 2.67. The standard InChI is InChI=1S/C12H16N2O/c13-12(5-7-14-8-6-12)11-4-2-1-3-10(11)9-15/h1-4,9,14H,5-8,13H2. The predicted octanol–water partition coefficient (Wildman–Crippen LogP) is 1.04. The highest BCUT2D eigenvalue weighted by Gasteiger charge is 2.30. The Kier molecular flexibility index (Phi) is 2.84. The average molecular weight is 204 g/mol. The lowest BCUT2D eigenvalue weighted by Crippen LogP contribution is -2.46. The smallest absolute Gasteiger partial charge is 0.150 e. The topological polar surface area (TPSA) is 55.1 Å². The van der Waals surface area contributed by atoms with Crippen LogP contribution in [-0.2, 0) is 5.54 Å². The minimum atomic E-state index is -0.331. The van der Waals surface area contributed by atoms with E-state index in [0.717, 1.165) is 43.3 Å². The van der Waals surface area contributed by atoms with E-state index in [9.17, 15) is 4.79 Å². The molecule has 0 atom stereocenters. The Morgan fingerprint density at radius 1 is 1.27 bits per heavy atom. The van der Waals surface area contributed by atoms with Gasteiger partial charge in [0.15, 0.2) is 0 Å². The van der Waals surface area contributed by atoms with E-state index in [2.05, 4.69) is 5.32 Å². The van der Waals surface area contributed by atoms with Crippen LogP contribution in [0.3, 0.4) is 0 Å². The molecule has 2 rings (SSSR count). The number of hydrogen-bond acceptors (Lipinski definition) is 3. The molecule has 1 heterocycles. The summed E-state index contributed by atoms with van der Waals surface area (Å²) in [6.45, 7) is 1.84. The highest BCUT2D eigenvalue weighted by molar-refractivity contribution is 5.77. The molecule has 1 aromatic rings. The number of carbonyl (C=O) groups is 1. The van der Waals surface area contributed by atoms with E-state index in [1.165, 1.54) is 0 Å². The van der Waals surface area contributed by atoms with Gasteiger partial charge in [-0.25, -0.2) is 0 Å². The summed E-state index contributed by atoms with van der Waals surface area (Å²) >= 11 is 0. The van der Waals surface area contributed by atoms with Crippen molar-refractivity contribution in [3.63, 3.8) is 0 Å². The van der Waals surface area contributed by atoms with Crippen molar-refractivity contribution in [1.82, 2.24) is 5.32 Å². The molecule has 0 unspecified atom stereocenters. The number of rotatable bonds is 2. The Balaban J connectivity index is 2.38. The van der Waals surface area contributed by atoms with Crippen molar-refractivity contribution >= 4 is 6.29 Å². The second-order valence-corrected chi connectivity index (χ2v) is 4.11. The Morgan fingerprint density at radius 3 is 2.60 bits per heavy atom. The normalized spacial score (nSPS) is 19.8. The third-order valence-electron chi connectivity index (χ3n) is 3.12. The van der Waals surface area contributed by atoms with Crippen LogP contribution in [0.5, 0.6) is 0 Å². The molecular formula is C12H16N2O. The fraction of sp³-hybridized carbons (Fsp3) is 0.417. The highest BCUT2D eigenvalue weighted by atomic mass is 16.1. The molecule has 3 N–H and O–H groups in total. The first kappa shape index (κ1) is 10.3. The SMILES string of the molecule is NC1(c2ccccc2C=O)CCNCC1. The number of hydrogen-bond donors (Lipinski definition) is 2. The van der Waals surface area contributed by atoms with Gasteiger partial charge in [-0.15, -0.1) is 0 Å². The largest absolute Gasteiger partial charge is 0.321 e. The van der Waals surface area contributed by atoms with Crippen molar-refractivity contribution in [3.8, 4) is 0 Å². The molecule has 0 aromatic heterocycles. The Morgan fingerprint density at radius 2 is 1.93 bits per heavy atom. The third kappa shape index (κ3) is 1.94. The van der Waals surface area contributed by atoms with Gasteiger partial charge in [0.2, 0.25) is 0 Å². The van der Waals surface area contributed by atoms with Crippen LogP contribution in [0.4, 0.5) is 0 Å². The number of piperidine rings is 1. The van der Waals surface area contributed by atoms with Crippen molar-refractivity contribution in [2.45, 2.75) is 18.4 Å². The van der Waals surface area contributed by atoms with E-state index >= 15 is 0 Å². The summed E-state index contributed by atoms with van der Waals surface area (Å²) in [4.78, 5) is 10.9. The molecule has 1 aliphatic rings. The molecule has 1 aliphatic heterocycles. The second-order valence-electron chi connectivity index (χ2n) is 4.11. The zero-order valence-electron chi connectivity index (χ0n) is 8.70. The second kappa shape index (κ2) is 4.13. The van der Waals surface area contributed by atoms with E-state index in [-0.39, 0.29) is 5.54 Å². The van der Waals surface area contributed by atoms with Gasteiger partial charge >= 0.3 is 0 Å². The van der Waals surface area contributed by atoms with E-state index in [4.69, 9.17) is 5.73 Å². The highest BCUT2D eigenvalue weighted by Crippen LogP contribution is 2.29. The fourth-order valence-electron chi connectivity index (χ4n) is 2.20. The molecule has 0 radical (unpaired) electrons. The molecule has 1 aromatic carbocycles. The summed E-state index contributed by atoms with van der Waals surface area (Å²) in [5.74, 6) is 0. The Bertz CT molecular complexity index is 356. The Labute approximate surface area is 89.7 Å². The summed E-state index contributed by atoms with van der Waals surface area (Å²) in [5, 5.41) is 3.28. The lowest BCUT2D eigenvalue weighted by molar-refractivity contribution is 0.112. The number of nitrogens with one attached hydrogen (secondary N) is 1. The minimum Gasteiger partial charge on any atom is -0.321 e. The number of carbonyl (C=O) groups excluding carboxylic acids is 1. The predicted molar refractivity (Wildman–Crippen MR) is 59.8 cm³/mol. The van der Waals surface area contributed by atoms with Crippen LogP contribution in [0, 0.1) is 0 Å². The number of nitrogens with two attached hydrogens (primary N) is 1. The van der Waals surface area contributed by atoms with Crippen LogP contribution < -0.4 is 11.1 Å². The quantitative estimate of drug-likeness (QED) is 0.708. The van der Waals surface area contributed by atoms with E-state index < -0.39 is 0 Å². The summed E-state index contributed by atoms with van der Waals surface area (Å²) < 4.78 is 0. The monoisotopic (exact) mass is 204 g/mol. The molecule has 0 amide bonds. The van der Waals surface area contributed by atoms with E-state index in [0.29, 0.717) is 0 Å². The van der Waals surface area contributed by atoms with Gasteiger partial charge in [0.25, 0.3) is 0 Å². The van der Waals surface area contributed by atoms with Crippen LogP contribution in [0.1, 0.15) is 28.8 Å². The van der Waals surface area contributed by atoms with Crippen LogP contribution in [0.2, 0.25) is 0 Å². The lowest BCUT2D eigenvalue weighted by atomic mass is 9.80. The summed E-state index contributed by atoms with van der Waals surface area (Å²) in [7, 11) is 0. The van der Waals surface area contributed by atoms with Crippen LogP contribution >= 0.6 is 0 Å². The summed E-state index contributed by atoms with van der Waals surface area (Å²) in [5.41, 5.74) is 7.74. The molecule has 1 fully saturated rings. The minimum absolute atomic E-state index is 0.331. The van der Waals surface area contributed by atoms with Crippen LogP contribution in [0.25, 0.3) is 0 Å². The molecule has 15 heavy (non-hydrogen) atoms. The number of aldehydes is 1. The molecule has 0 spiro atoms. The van der Waals surface area contributed by atoms with Crippen molar-refractivity contribution in [2.24, 2.45) is 5.73 Å². The van der Waals surface area contributed by atoms with Gasteiger partial charge in [-0.05, 0) is 31.5 Å². The fourth-order valence-corrected chi connectivity index (χ4v) is 2.20. The van der Waals surface area contributed by atoms with Gasteiger partial charge < -0.3 is 11.1 Å². The first-order valence-electron chi connectivity index (χ1n) is 5.30. The first-order valence-corrected chi connectivity index (χ1v) is 5.30. The van der Waals surface area contributed by atoms with Gasteiger partial charge in [-0.3, -0.25) is 4.79 Å². The van der Waals surface area contributed by atoms with Gasteiger partial charge in [0, 0.05) is 11.1 Å². The number of benzene rings is 1. The zero-order chi connectivity index (χ0) is 10.7. The van der Waals surface area contributed by atoms with Crippen molar-refractivity contribution in [1.29, 1.82) is 0 Å². The maximum Gasteiger partial charge on any atom is 0.150 e. The average Bonchev–Trinajstić information content (AvgIpc) is 2.30. The molecular weight excluding hydrogens is 188 g/mol. The van der Waals surface area contributed by atoms with Crippen molar-refractivity contribution in [2.75, 3.05) is 13.1 Å². The maximum absolute atomic E-state index is 10.9. The van der Waals surface area contributed by atoms with Gasteiger partial charge in [0.05, 0.1) is 0 Å². The van der Waals surface area contributed by atoms with Crippen molar-refractivity contribution < 1.29 is 4.79 Å². The van der Waals surface area contributed by atoms with Crippen LogP contribution in [-0.4, -0.2) is 19.4 Å².